The molecular weight excluding hydrogens is 877 g/mol. The number of hydrogen-bond acceptors (Lipinski definition) is 6. The van der Waals surface area contributed by atoms with Crippen LogP contribution in [0.4, 0.5) is 0 Å². The molecular formula is C65H108O6. The third-order valence-electron chi connectivity index (χ3n) is 12.3. The highest BCUT2D eigenvalue weighted by Crippen LogP contribution is 2.15. The third-order valence-corrected chi connectivity index (χ3v) is 12.3. The minimum atomic E-state index is -0.821. The summed E-state index contributed by atoms with van der Waals surface area (Å²) >= 11 is 0. The molecule has 0 N–H and O–H groups in total. The molecule has 1 atom stereocenters. The molecule has 0 saturated carbocycles. The van der Waals surface area contributed by atoms with E-state index in [1.807, 2.05) is 0 Å². The van der Waals surface area contributed by atoms with E-state index in [4.69, 9.17) is 14.2 Å². The van der Waals surface area contributed by atoms with Crippen molar-refractivity contribution >= 4 is 17.9 Å². The van der Waals surface area contributed by atoms with Crippen molar-refractivity contribution in [3.8, 4) is 0 Å². The predicted molar refractivity (Wildman–Crippen MR) is 307 cm³/mol. The third kappa shape index (κ3) is 56.9. The maximum atomic E-state index is 12.8. The Bertz CT molecular complexity index is 1460. The molecule has 0 aliphatic heterocycles. The highest BCUT2D eigenvalue weighted by Gasteiger charge is 2.19. The van der Waals surface area contributed by atoms with E-state index in [0.29, 0.717) is 19.3 Å². The summed E-state index contributed by atoms with van der Waals surface area (Å²) in [4.78, 5) is 38.2. The fourth-order valence-electron chi connectivity index (χ4n) is 7.87. The van der Waals surface area contributed by atoms with Crippen LogP contribution in [0.5, 0.6) is 0 Å². The number of ether oxygens (including phenoxy) is 3. The maximum absolute atomic E-state index is 12.8. The average Bonchev–Trinajstić information content (AvgIpc) is 3.37. The zero-order chi connectivity index (χ0) is 51.4. The number of unbranched alkanes of at least 4 members (excludes halogenated alkanes) is 23. The molecule has 0 heterocycles. The van der Waals surface area contributed by atoms with Gasteiger partial charge in [-0.3, -0.25) is 14.4 Å². The highest BCUT2D eigenvalue weighted by atomic mass is 16.6. The molecule has 0 unspecified atom stereocenters. The zero-order valence-corrected chi connectivity index (χ0v) is 46.2. The van der Waals surface area contributed by atoms with Gasteiger partial charge in [0.1, 0.15) is 13.2 Å². The van der Waals surface area contributed by atoms with Crippen LogP contribution in [-0.2, 0) is 28.6 Å². The summed E-state index contributed by atoms with van der Waals surface area (Å²) in [6, 6.07) is 0. The van der Waals surface area contributed by atoms with Crippen LogP contribution in [0.2, 0.25) is 0 Å². The molecule has 0 bridgehead atoms. The lowest BCUT2D eigenvalue weighted by Crippen LogP contribution is -2.30. The van der Waals surface area contributed by atoms with E-state index in [1.165, 1.54) is 116 Å². The first-order valence-electron chi connectivity index (χ1n) is 29.4. The summed E-state index contributed by atoms with van der Waals surface area (Å²) in [5, 5.41) is 0. The molecule has 0 aromatic heterocycles. The second-order valence-corrected chi connectivity index (χ2v) is 19.2. The van der Waals surface area contributed by atoms with Crippen molar-refractivity contribution < 1.29 is 28.6 Å². The topological polar surface area (TPSA) is 78.9 Å². The molecule has 0 aromatic rings. The van der Waals surface area contributed by atoms with E-state index < -0.39 is 6.10 Å². The van der Waals surface area contributed by atoms with Gasteiger partial charge in [0.2, 0.25) is 0 Å². The summed E-state index contributed by atoms with van der Waals surface area (Å²) in [5.41, 5.74) is 0. The SMILES string of the molecule is CC/C=C\C/C=C\C/C=C\C/C=C\C/C=C\CCCCCC(=O)OC[C@@H](COC(=O)CCCCCCCCCCCCCCCCCCC)OC(=O)CCC/C=C\C/C=C\C/C=C\C/C=C\CCCCC. The van der Waals surface area contributed by atoms with Gasteiger partial charge in [-0.1, -0.05) is 252 Å². The van der Waals surface area contributed by atoms with Gasteiger partial charge in [-0.2, -0.15) is 0 Å². The second-order valence-electron chi connectivity index (χ2n) is 19.2. The Balaban J connectivity index is 4.52. The fraction of sp³-hybridized carbons (Fsp3) is 0.677. The van der Waals surface area contributed by atoms with Gasteiger partial charge in [0, 0.05) is 19.3 Å². The molecule has 0 aliphatic carbocycles. The van der Waals surface area contributed by atoms with Gasteiger partial charge in [-0.25, -0.2) is 0 Å². The number of carbonyl (C=O) groups is 3. The number of rotatable bonds is 52. The molecule has 0 amide bonds. The summed E-state index contributed by atoms with van der Waals surface area (Å²) < 4.78 is 16.8. The molecule has 0 radical (unpaired) electrons. The van der Waals surface area contributed by atoms with Crippen LogP contribution >= 0.6 is 0 Å². The van der Waals surface area contributed by atoms with Gasteiger partial charge in [0.05, 0.1) is 0 Å². The lowest BCUT2D eigenvalue weighted by Gasteiger charge is -2.18. The first kappa shape index (κ1) is 67.1. The Morgan fingerprint density at radius 1 is 0.296 bits per heavy atom. The van der Waals surface area contributed by atoms with E-state index in [-0.39, 0.29) is 37.5 Å². The largest absolute Gasteiger partial charge is 0.462 e. The minimum Gasteiger partial charge on any atom is -0.462 e. The fourth-order valence-corrected chi connectivity index (χ4v) is 7.87. The summed E-state index contributed by atoms with van der Waals surface area (Å²) in [6.07, 6.45) is 79.4. The van der Waals surface area contributed by atoms with Crippen molar-refractivity contribution in [3.05, 3.63) is 109 Å². The van der Waals surface area contributed by atoms with E-state index in [0.717, 1.165) is 103 Å². The Morgan fingerprint density at radius 3 is 0.930 bits per heavy atom. The summed E-state index contributed by atoms with van der Waals surface area (Å²) in [5.74, 6) is -0.996. The Hall–Kier alpha value is -3.93. The molecule has 0 fully saturated rings. The van der Waals surface area contributed by atoms with Crippen molar-refractivity contribution in [1.29, 1.82) is 0 Å². The van der Waals surface area contributed by atoms with Crippen molar-refractivity contribution in [2.75, 3.05) is 13.2 Å². The predicted octanol–water partition coefficient (Wildman–Crippen LogP) is 19.9. The Morgan fingerprint density at radius 2 is 0.563 bits per heavy atom. The first-order chi connectivity index (χ1) is 35.0. The van der Waals surface area contributed by atoms with Crippen molar-refractivity contribution in [1.82, 2.24) is 0 Å². The number of carbonyl (C=O) groups excluding carboxylic acids is 3. The maximum Gasteiger partial charge on any atom is 0.306 e. The molecule has 0 rings (SSSR count). The van der Waals surface area contributed by atoms with Crippen molar-refractivity contribution in [2.24, 2.45) is 0 Å². The van der Waals surface area contributed by atoms with Gasteiger partial charge in [0.25, 0.3) is 0 Å². The van der Waals surface area contributed by atoms with E-state index in [2.05, 4.69) is 130 Å². The van der Waals surface area contributed by atoms with E-state index in [9.17, 15) is 14.4 Å². The zero-order valence-electron chi connectivity index (χ0n) is 46.2. The Kier molecular flexibility index (Phi) is 55.4. The van der Waals surface area contributed by atoms with Gasteiger partial charge in [-0.15, -0.1) is 0 Å². The van der Waals surface area contributed by atoms with Gasteiger partial charge < -0.3 is 14.2 Å². The number of allylic oxidation sites excluding steroid dienone is 18. The standard InChI is InChI=1S/C65H108O6/c1-4-7-10-13-16-19-22-25-28-31-32-35-37-40-43-46-49-52-55-58-64(67)70-61-62(71-65(68)59-56-53-50-47-44-41-38-34-30-27-24-21-18-15-12-9-6-3)60-69-63(66)57-54-51-48-45-42-39-36-33-29-26-23-20-17-14-11-8-5-2/h7,10,16,18-19,21,25,27-28,30,32,35,38,40-41,43,47,50,62H,4-6,8-9,11-15,17,20,22-24,26,29,31,33-34,36-37,39,42,44-46,48-49,51-61H2,1-3H3/b10-7-,19-16-,21-18-,28-25-,30-27-,35-32-,41-38-,43-40-,50-47-/t62-/m1/s1. The lowest BCUT2D eigenvalue weighted by molar-refractivity contribution is -0.167. The van der Waals surface area contributed by atoms with Crippen LogP contribution in [0.15, 0.2) is 109 Å². The van der Waals surface area contributed by atoms with E-state index >= 15 is 0 Å². The molecule has 0 saturated heterocycles. The number of esters is 3. The minimum absolute atomic E-state index is 0.110. The molecule has 0 aliphatic rings. The molecule has 6 heteroatoms. The van der Waals surface area contributed by atoms with Gasteiger partial charge >= 0.3 is 17.9 Å². The quantitative estimate of drug-likeness (QED) is 0.0261. The van der Waals surface area contributed by atoms with Crippen LogP contribution in [0.1, 0.15) is 265 Å². The van der Waals surface area contributed by atoms with Crippen LogP contribution in [0.3, 0.4) is 0 Å². The molecule has 6 nitrogen and oxygen atoms in total. The Labute approximate surface area is 438 Å². The highest BCUT2D eigenvalue weighted by molar-refractivity contribution is 5.71. The summed E-state index contributed by atoms with van der Waals surface area (Å²) in [7, 11) is 0. The molecule has 404 valence electrons. The van der Waals surface area contributed by atoms with E-state index in [1.54, 1.807) is 0 Å². The van der Waals surface area contributed by atoms with Crippen LogP contribution in [0.25, 0.3) is 0 Å². The number of hydrogen-bond donors (Lipinski definition) is 0. The smallest absolute Gasteiger partial charge is 0.306 e. The lowest BCUT2D eigenvalue weighted by atomic mass is 10.0. The first-order valence-corrected chi connectivity index (χ1v) is 29.4. The van der Waals surface area contributed by atoms with Crippen molar-refractivity contribution in [2.45, 2.75) is 271 Å². The van der Waals surface area contributed by atoms with Crippen LogP contribution in [0, 0.1) is 0 Å². The monoisotopic (exact) mass is 985 g/mol. The molecule has 0 aromatic carbocycles. The molecule has 71 heavy (non-hydrogen) atoms. The van der Waals surface area contributed by atoms with Crippen molar-refractivity contribution in [3.63, 3.8) is 0 Å². The van der Waals surface area contributed by atoms with Gasteiger partial charge in [-0.05, 0) is 103 Å². The van der Waals surface area contributed by atoms with Gasteiger partial charge in [0.15, 0.2) is 6.10 Å². The normalized spacial score (nSPS) is 12.9. The second kappa shape index (κ2) is 58.6. The van der Waals surface area contributed by atoms with Crippen LogP contribution < -0.4 is 0 Å². The average molecular weight is 986 g/mol. The van der Waals surface area contributed by atoms with Crippen LogP contribution in [-0.4, -0.2) is 37.2 Å². The molecule has 0 spiro atoms. The summed E-state index contributed by atoms with van der Waals surface area (Å²) in [6.45, 7) is 6.44.